The van der Waals surface area contributed by atoms with Gasteiger partial charge in [-0.2, -0.15) is 31.4 Å². The van der Waals surface area contributed by atoms with E-state index in [1.165, 1.54) is 0 Å². The summed E-state index contributed by atoms with van der Waals surface area (Å²) in [6, 6.07) is 7.93. The highest BCUT2D eigenvalue weighted by Gasteiger charge is 2.37. The first-order chi connectivity index (χ1) is 10.7. The molecule has 0 aliphatic heterocycles. The second-order valence-electron chi connectivity index (χ2n) is 4.91. The molecular formula is C15H8F6N2. The van der Waals surface area contributed by atoms with Crippen LogP contribution in [0.15, 0.2) is 42.5 Å². The van der Waals surface area contributed by atoms with Crippen molar-refractivity contribution in [3.63, 3.8) is 0 Å². The van der Waals surface area contributed by atoms with Crippen molar-refractivity contribution >= 4 is 10.9 Å². The van der Waals surface area contributed by atoms with Gasteiger partial charge in [0.2, 0.25) is 0 Å². The molecule has 0 saturated carbocycles. The van der Waals surface area contributed by atoms with Crippen LogP contribution in [-0.2, 0) is 12.4 Å². The van der Waals surface area contributed by atoms with E-state index in [1.807, 2.05) is 0 Å². The Balaban J connectivity index is 2.26. The Hall–Kier alpha value is -2.51. The lowest BCUT2D eigenvalue weighted by molar-refractivity contribution is -0.143. The predicted octanol–water partition coefficient (Wildman–Crippen LogP) is 5.27. The molecule has 23 heavy (non-hydrogen) atoms. The molecule has 0 aliphatic carbocycles. The molecule has 3 aromatic rings. The number of H-pyrrole nitrogens is 1. The molecule has 1 heterocycles. The number of halogens is 6. The zero-order valence-corrected chi connectivity index (χ0v) is 11.3. The van der Waals surface area contributed by atoms with Gasteiger partial charge in [0.1, 0.15) is 0 Å². The Morgan fingerprint density at radius 3 is 1.91 bits per heavy atom. The topological polar surface area (TPSA) is 28.7 Å². The van der Waals surface area contributed by atoms with Gasteiger partial charge >= 0.3 is 12.4 Å². The molecule has 2 nitrogen and oxygen atoms in total. The molecule has 1 aromatic heterocycles. The van der Waals surface area contributed by atoms with Crippen LogP contribution in [0.25, 0.3) is 22.2 Å². The van der Waals surface area contributed by atoms with Gasteiger partial charge in [0.05, 0.1) is 22.3 Å². The van der Waals surface area contributed by atoms with E-state index in [2.05, 4.69) is 10.2 Å². The third-order valence-corrected chi connectivity index (χ3v) is 3.33. The first-order valence-corrected chi connectivity index (χ1v) is 6.39. The normalized spacial score (nSPS) is 12.8. The van der Waals surface area contributed by atoms with Crippen LogP contribution in [0.5, 0.6) is 0 Å². The van der Waals surface area contributed by atoms with Crippen LogP contribution in [0.4, 0.5) is 26.3 Å². The molecule has 0 radical (unpaired) electrons. The van der Waals surface area contributed by atoms with Crippen LogP contribution < -0.4 is 0 Å². The number of hydrogen-bond donors (Lipinski definition) is 1. The van der Waals surface area contributed by atoms with Gasteiger partial charge < -0.3 is 0 Å². The number of nitrogens with one attached hydrogen (secondary N) is 1. The zero-order valence-electron chi connectivity index (χ0n) is 11.3. The molecule has 0 atom stereocenters. The van der Waals surface area contributed by atoms with E-state index >= 15 is 0 Å². The van der Waals surface area contributed by atoms with E-state index in [1.54, 1.807) is 24.3 Å². The Bertz CT molecular complexity index is 828. The molecule has 0 fully saturated rings. The monoisotopic (exact) mass is 330 g/mol. The SMILES string of the molecule is FC(F)(F)c1cc(-c2n[nH]c3ccccc23)cc(C(F)(F)F)c1. The largest absolute Gasteiger partial charge is 0.416 e. The van der Waals surface area contributed by atoms with Gasteiger partial charge in [0.15, 0.2) is 0 Å². The lowest BCUT2D eigenvalue weighted by Gasteiger charge is -2.13. The number of nitrogens with zero attached hydrogens (tertiary/aromatic N) is 1. The van der Waals surface area contributed by atoms with Gasteiger partial charge in [0.25, 0.3) is 0 Å². The highest BCUT2D eigenvalue weighted by Crippen LogP contribution is 2.39. The van der Waals surface area contributed by atoms with Crippen molar-refractivity contribution in [2.75, 3.05) is 0 Å². The third-order valence-electron chi connectivity index (χ3n) is 3.33. The van der Waals surface area contributed by atoms with Crippen molar-refractivity contribution in [2.24, 2.45) is 0 Å². The van der Waals surface area contributed by atoms with Crippen molar-refractivity contribution in [1.29, 1.82) is 0 Å². The average Bonchev–Trinajstić information content (AvgIpc) is 2.89. The lowest BCUT2D eigenvalue weighted by atomic mass is 10.0. The molecule has 0 amide bonds. The fourth-order valence-corrected chi connectivity index (χ4v) is 2.28. The molecule has 8 heteroatoms. The third kappa shape index (κ3) is 2.88. The van der Waals surface area contributed by atoms with Crippen molar-refractivity contribution < 1.29 is 26.3 Å². The number of hydrogen-bond acceptors (Lipinski definition) is 1. The van der Waals surface area contributed by atoms with E-state index < -0.39 is 23.5 Å². The molecule has 120 valence electrons. The van der Waals surface area contributed by atoms with Crippen LogP contribution in [0.3, 0.4) is 0 Å². The van der Waals surface area contributed by atoms with Crippen LogP contribution in [0.2, 0.25) is 0 Å². The number of benzene rings is 2. The number of rotatable bonds is 1. The van der Waals surface area contributed by atoms with Crippen molar-refractivity contribution in [3.8, 4) is 11.3 Å². The Kier molecular flexibility index (Phi) is 3.35. The van der Waals surface area contributed by atoms with Crippen LogP contribution >= 0.6 is 0 Å². The summed E-state index contributed by atoms with van der Waals surface area (Å²) in [6.07, 6.45) is -9.77. The van der Waals surface area contributed by atoms with Crippen LogP contribution in [0.1, 0.15) is 11.1 Å². The summed E-state index contributed by atoms with van der Waals surface area (Å²) in [5.74, 6) is 0. The molecule has 3 rings (SSSR count). The maximum Gasteiger partial charge on any atom is 0.416 e. The van der Waals surface area contributed by atoms with Gasteiger partial charge in [-0.1, -0.05) is 18.2 Å². The number of aromatic nitrogens is 2. The van der Waals surface area contributed by atoms with E-state index in [-0.39, 0.29) is 17.3 Å². The first-order valence-electron chi connectivity index (χ1n) is 6.39. The maximum absolute atomic E-state index is 12.9. The molecule has 0 bridgehead atoms. The van der Waals surface area contributed by atoms with Crippen LogP contribution in [0, 0.1) is 0 Å². The van der Waals surface area contributed by atoms with E-state index in [9.17, 15) is 26.3 Å². The summed E-state index contributed by atoms with van der Waals surface area (Å²) in [5, 5.41) is 6.89. The second-order valence-corrected chi connectivity index (χ2v) is 4.91. The molecular weight excluding hydrogens is 322 g/mol. The van der Waals surface area contributed by atoms with E-state index in [0.29, 0.717) is 23.0 Å². The Morgan fingerprint density at radius 1 is 0.783 bits per heavy atom. The summed E-state index contributed by atoms with van der Waals surface area (Å²) >= 11 is 0. The van der Waals surface area contributed by atoms with Crippen molar-refractivity contribution in [2.45, 2.75) is 12.4 Å². The fourth-order valence-electron chi connectivity index (χ4n) is 2.28. The summed E-state index contributed by atoms with van der Waals surface area (Å²) in [6.45, 7) is 0. The summed E-state index contributed by atoms with van der Waals surface area (Å²) in [5.41, 5.74) is -2.42. The molecule has 0 unspecified atom stereocenters. The van der Waals surface area contributed by atoms with Crippen LogP contribution in [-0.4, -0.2) is 10.2 Å². The van der Waals surface area contributed by atoms with Gasteiger partial charge in [0, 0.05) is 10.9 Å². The standard InChI is InChI=1S/C15H8F6N2/c16-14(17,18)9-5-8(6-10(7-9)15(19,20)21)13-11-3-1-2-4-12(11)22-23-13/h1-7H,(H,22,23). The second kappa shape index (κ2) is 5.00. The number of alkyl halides is 6. The van der Waals surface area contributed by atoms with Gasteiger partial charge in [-0.25, -0.2) is 0 Å². The maximum atomic E-state index is 12.9. The minimum absolute atomic E-state index is 0.0391. The highest BCUT2D eigenvalue weighted by molar-refractivity contribution is 5.93. The smallest absolute Gasteiger partial charge is 0.277 e. The minimum Gasteiger partial charge on any atom is -0.277 e. The van der Waals surface area contributed by atoms with Gasteiger partial charge in [-0.15, -0.1) is 0 Å². The summed E-state index contributed by atoms with van der Waals surface area (Å²) in [7, 11) is 0. The number of fused-ring (bicyclic) bond motifs is 1. The molecule has 0 aliphatic rings. The lowest BCUT2D eigenvalue weighted by Crippen LogP contribution is -2.11. The summed E-state index contributed by atoms with van der Waals surface area (Å²) < 4.78 is 77.4. The minimum atomic E-state index is -4.89. The number of aromatic amines is 1. The Labute approximate surface area is 125 Å². The predicted molar refractivity (Wildman–Crippen MR) is 71.5 cm³/mol. The Morgan fingerprint density at radius 2 is 1.35 bits per heavy atom. The van der Waals surface area contributed by atoms with Gasteiger partial charge in [-0.05, 0) is 24.3 Å². The zero-order chi connectivity index (χ0) is 16.8. The fraction of sp³-hybridized carbons (Fsp3) is 0.133. The first kappa shape index (κ1) is 15.4. The van der Waals surface area contributed by atoms with E-state index in [0.717, 1.165) is 0 Å². The molecule has 0 saturated heterocycles. The average molecular weight is 330 g/mol. The molecule has 0 spiro atoms. The van der Waals surface area contributed by atoms with Gasteiger partial charge in [-0.3, -0.25) is 5.10 Å². The number of para-hydroxylation sites is 1. The van der Waals surface area contributed by atoms with Crippen molar-refractivity contribution in [3.05, 3.63) is 53.6 Å². The molecule has 1 N–H and O–H groups in total. The highest BCUT2D eigenvalue weighted by atomic mass is 19.4. The quantitative estimate of drug-likeness (QED) is 0.605. The summed E-state index contributed by atoms with van der Waals surface area (Å²) in [4.78, 5) is 0. The van der Waals surface area contributed by atoms with E-state index in [4.69, 9.17) is 0 Å². The molecule has 2 aromatic carbocycles. The van der Waals surface area contributed by atoms with Crippen molar-refractivity contribution in [1.82, 2.24) is 10.2 Å².